The normalized spacial score (nSPS) is 59.7. The summed E-state index contributed by atoms with van der Waals surface area (Å²) < 4.78 is 106. The molecule has 0 aromatic heterocycles. The molecule has 27 aliphatic rings. The molecule has 27 saturated heterocycles. The van der Waals surface area contributed by atoms with Gasteiger partial charge in [-0.2, -0.15) is 0 Å². The lowest BCUT2D eigenvalue weighted by Gasteiger charge is -2.49. The molecule has 0 radical (unpaired) electrons. The third-order valence-electron chi connectivity index (χ3n) is 18.6. The molecule has 0 amide bonds. The van der Waals surface area contributed by atoms with Gasteiger partial charge in [-0.15, -0.1) is 0 Å². The van der Waals surface area contributed by atoms with E-state index < -0.39 is 276 Å². The maximum atomic E-state index is 11.4. The van der Waals surface area contributed by atoms with Crippen LogP contribution in [0.25, 0.3) is 0 Å². The minimum Gasteiger partial charge on any atom is -0.387 e. The van der Waals surface area contributed by atoms with Crippen molar-refractivity contribution < 1.29 is 177 Å². The average Bonchev–Trinajstić information content (AvgIpc) is 0.801. The van der Waals surface area contributed by atoms with Crippen molar-refractivity contribution in [2.45, 2.75) is 339 Å². The van der Waals surface area contributed by atoms with Crippen molar-refractivity contribution in [2.75, 3.05) is 0 Å². The fourth-order valence-electron chi connectivity index (χ4n) is 13.1. The van der Waals surface area contributed by atoms with Gasteiger partial charge in [-0.3, -0.25) is 0 Å². The Morgan fingerprint density at radius 1 is 0.122 bits per heavy atom. The van der Waals surface area contributed by atoms with Crippen molar-refractivity contribution in [1.29, 1.82) is 0 Å². The van der Waals surface area contributed by atoms with Crippen LogP contribution in [0, 0.1) is 0 Å². The Kier molecular flexibility index (Phi) is 22.6. The molecule has 18 bridgehead atoms. The number of aliphatic hydroxyl groups excluding tert-OH is 18. The molecule has 0 saturated carbocycles. The summed E-state index contributed by atoms with van der Waals surface area (Å²) in [6.07, 6.45) is -74.3. The summed E-state index contributed by atoms with van der Waals surface area (Å²) in [6, 6.07) is 0. The number of hydrogen-bond acceptors (Lipinski definition) is 36. The minimum absolute atomic E-state index is 1.20. The third kappa shape index (κ3) is 13.8. The van der Waals surface area contributed by atoms with Crippen LogP contribution in [-0.2, 0) is 85.3 Å². The third-order valence-corrected chi connectivity index (χ3v) is 18.6. The first-order chi connectivity index (χ1) is 42.3. The molecule has 0 spiro atoms. The standard InChI is InChI=1S/C54H90O36/c1-10-37-19(55)28(64)46(73-10)83-38-11(2)75-48(30(66)21(38)57)85-40-13(4)77-50(32(68)23(40)59)87-42-15(6)79-52(34(70)25(42)61)89-44-17(8)81-54(36(72)27(44)63)90-45-18(9)80-53(35(71)26(45)62)88-43-16(7)78-51(33(69)24(43)60)86-41-14(5)76-49(31(67)22(41)58)84-39-12(3)74-47(82-37)29(65)20(39)56/h10-72H,1-9H3/t10?,11?,12?,13?,14?,15?,16?,17?,18?,19-,20-,21-,22-,23-,24-,25-,26-,27-,28?,29?,30?,31?,32?,33?,34?,35?,36?,37-,38-,39-,40-,41-,42-,43-,44-,45-,46-,47-,48-,49-,50-,51-,52-,53-,54-/m1/s1. The molecular weight excluding hydrogens is 1220 g/mol. The molecule has 0 aromatic carbocycles. The van der Waals surface area contributed by atoms with Crippen LogP contribution in [0.1, 0.15) is 62.3 Å². The Balaban J connectivity index is 0.846. The lowest BCUT2D eigenvalue weighted by atomic mass is 9.95. The van der Waals surface area contributed by atoms with Gasteiger partial charge >= 0.3 is 0 Å². The molecule has 36 heteroatoms. The molecule has 27 fully saturated rings. The van der Waals surface area contributed by atoms with Crippen LogP contribution in [0.4, 0.5) is 0 Å². The van der Waals surface area contributed by atoms with Crippen molar-refractivity contribution in [3.63, 3.8) is 0 Å². The first kappa shape index (κ1) is 71.3. The highest BCUT2D eigenvalue weighted by atomic mass is 16.8. The van der Waals surface area contributed by atoms with E-state index in [2.05, 4.69) is 0 Å². The Labute approximate surface area is 514 Å². The Hall–Kier alpha value is -1.44. The van der Waals surface area contributed by atoms with E-state index in [1.165, 1.54) is 62.3 Å². The largest absolute Gasteiger partial charge is 0.387 e. The molecular formula is C54H90O36. The van der Waals surface area contributed by atoms with Crippen LogP contribution in [-0.4, -0.2) is 368 Å². The van der Waals surface area contributed by atoms with E-state index in [4.69, 9.17) is 85.3 Å². The monoisotopic (exact) mass is 1310 g/mol. The second-order valence-electron chi connectivity index (χ2n) is 25.1. The fourth-order valence-corrected chi connectivity index (χ4v) is 13.1. The summed E-state index contributed by atoms with van der Waals surface area (Å²) in [6.45, 7) is 12.6. The van der Waals surface area contributed by atoms with Gasteiger partial charge < -0.3 is 177 Å². The van der Waals surface area contributed by atoms with E-state index >= 15 is 0 Å². The first-order valence-electron chi connectivity index (χ1n) is 30.3. The van der Waals surface area contributed by atoms with Crippen LogP contribution in [0.15, 0.2) is 0 Å². The van der Waals surface area contributed by atoms with Gasteiger partial charge in [0.25, 0.3) is 0 Å². The van der Waals surface area contributed by atoms with Gasteiger partial charge in [-0.1, -0.05) is 0 Å². The molecule has 0 aromatic rings. The Bertz CT molecular complexity index is 1820. The zero-order valence-electron chi connectivity index (χ0n) is 50.4. The number of rotatable bonds is 0. The maximum absolute atomic E-state index is 11.4. The van der Waals surface area contributed by atoms with Crippen LogP contribution < -0.4 is 0 Å². The summed E-state index contributed by atoms with van der Waals surface area (Å²) in [5.74, 6) is 0. The van der Waals surface area contributed by atoms with Gasteiger partial charge in [0.1, 0.15) is 165 Å². The van der Waals surface area contributed by atoms with Crippen molar-refractivity contribution in [1.82, 2.24) is 0 Å². The van der Waals surface area contributed by atoms with Crippen LogP contribution in [0.5, 0.6) is 0 Å². The highest BCUT2D eigenvalue weighted by molar-refractivity contribution is 5.01. The fraction of sp³-hybridized carbons (Fsp3) is 1.00. The summed E-state index contributed by atoms with van der Waals surface area (Å²) in [7, 11) is 0. The van der Waals surface area contributed by atoms with E-state index in [1.54, 1.807) is 0 Å². The highest BCUT2D eigenvalue weighted by Gasteiger charge is 2.59. The Morgan fingerprint density at radius 2 is 0.200 bits per heavy atom. The zero-order valence-corrected chi connectivity index (χ0v) is 50.4. The van der Waals surface area contributed by atoms with Crippen LogP contribution >= 0.6 is 0 Å². The minimum atomic E-state index is -1.95. The van der Waals surface area contributed by atoms with Gasteiger partial charge in [-0.05, 0) is 62.3 Å². The molecule has 27 heterocycles. The van der Waals surface area contributed by atoms with E-state index in [-0.39, 0.29) is 0 Å². The van der Waals surface area contributed by atoms with Crippen LogP contribution in [0.2, 0.25) is 0 Å². The number of aliphatic hydroxyl groups is 18. The topological polar surface area (TPSA) is 530 Å². The number of hydrogen-bond donors (Lipinski definition) is 18. The van der Waals surface area contributed by atoms with Gasteiger partial charge in [0.05, 0.1) is 54.9 Å². The van der Waals surface area contributed by atoms with E-state index in [0.717, 1.165) is 0 Å². The summed E-state index contributed by atoms with van der Waals surface area (Å²) in [5, 5.41) is 205. The lowest BCUT2D eigenvalue weighted by molar-refractivity contribution is -0.393. The van der Waals surface area contributed by atoms with Crippen LogP contribution in [0.3, 0.4) is 0 Å². The molecule has 522 valence electrons. The van der Waals surface area contributed by atoms with Crippen molar-refractivity contribution >= 4 is 0 Å². The van der Waals surface area contributed by atoms with Crippen molar-refractivity contribution in [2.24, 2.45) is 0 Å². The summed E-state index contributed by atoms with van der Waals surface area (Å²) in [4.78, 5) is 0. The Morgan fingerprint density at radius 3 is 0.278 bits per heavy atom. The molecule has 27 rings (SSSR count). The maximum Gasteiger partial charge on any atom is 0.187 e. The zero-order chi connectivity index (χ0) is 65.7. The molecule has 36 nitrogen and oxygen atoms in total. The van der Waals surface area contributed by atoms with Gasteiger partial charge in [-0.25, -0.2) is 0 Å². The predicted octanol–water partition coefficient (Wildman–Crippen LogP) is -10.3. The second-order valence-corrected chi connectivity index (χ2v) is 25.1. The second kappa shape index (κ2) is 28.6. The smallest absolute Gasteiger partial charge is 0.187 e. The molecule has 27 aliphatic heterocycles. The quantitative estimate of drug-likeness (QED) is 0.107. The molecule has 18 N–H and O–H groups in total. The van der Waals surface area contributed by atoms with Crippen molar-refractivity contribution in [3.05, 3.63) is 0 Å². The molecule has 18 unspecified atom stereocenters. The highest BCUT2D eigenvalue weighted by Crippen LogP contribution is 2.40. The SMILES string of the molecule is CC1O[C@@H]2O[C@@H]3C(C)O[C@H](O[C@@H]4C(C)O[C@H](O[C@@H]5C(C)O[C@H](O[C@@H]6C(C)O[C@H](O[C@@H]7C(C)O[C@H](O[C@@H]8C(C)O[C@H](O[C@@H]9C(C)O[C@H](O[C@@H]%10C(C)O[C@H](O[C@H]1[C@H](O)C2O)C(O)[C@H]%10O)C(O)[C@H]9O)C(O)[C@H]8O)C(O)[C@H]7O)C(O)[C@H]6O)C(O)[C@H]5O)C(O)[C@H]4O)C(O)[C@H]3O. The molecule has 0 aliphatic carbocycles. The summed E-state index contributed by atoms with van der Waals surface area (Å²) in [5.41, 5.74) is 0. The van der Waals surface area contributed by atoms with E-state index in [0.29, 0.717) is 0 Å². The van der Waals surface area contributed by atoms with Gasteiger partial charge in [0, 0.05) is 0 Å². The predicted molar refractivity (Wildman–Crippen MR) is 281 cm³/mol. The number of ether oxygens (including phenoxy) is 18. The average molecular weight is 1320 g/mol. The van der Waals surface area contributed by atoms with E-state index in [9.17, 15) is 91.9 Å². The first-order valence-corrected chi connectivity index (χ1v) is 30.3. The molecule has 45 atom stereocenters. The summed E-state index contributed by atoms with van der Waals surface area (Å²) >= 11 is 0. The van der Waals surface area contributed by atoms with Gasteiger partial charge in [0.2, 0.25) is 0 Å². The van der Waals surface area contributed by atoms with Gasteiger partial charge in [0.15, 0.2) is 56.6 Å². The molecule has 90 heavy (non-hydrogen) atoms. The van der Waals surface area contributed by atoms with Crippen molar-refractivity contribution in [3.8, 4) is 0 Å². The lowest BCUT2D eigenvalue weighted by Crippen LogP contribution is -2.67. The van der Waals surface area contributed by atoms with E-state index in [1.807, 2.05) is 0 Å².